The van der Waals surface area contributed by atoms with Gasteiger partial charge in [-0.05, 0) is 19.1 Å². The van der Waals surface area contributed by atoms with Gasteiger partial charge >= 0.3 is 0 Å². The third kappa shape index (κ3) is 3.31. The van der Waals surface area contributed by atoms with E-state index in [1.807, 2.05) is 41.8 Å². The van der Waals surface area contributed by atoms with Crippen LogP contribution in [-0.2, 0) is 4.74 Å². The van der Waals surface area contributed by atoms with Crippen LogP contribution in [0.5, 0.6) is 0 Å². The van der Waals surface area contributed by atoms with E-state index in [9.17, 15) is 0 Å². The molecule has 0 N–H and O–H groups in total. The molecule has 0 fully saturated rings. The summed E-state index contributed by atoms with van der Waals surface area (Å²) >= 11 is 1.65. The second-order valence-electron chi connectivity index (χ2n) is 3.36. The molecule has 0 bridgehead atoms. The fraction of sp³-hybridized carbons (Fsp3) is 0.333. The largest absolute Gasteiger partial charge is 0.381 e. The van der Waals surface area contributed by atoms with Crippen LogP contribution < -0.4 is 0 Å². The first-order valence-electron chi connectivity index (χ1n) is 5.58. The molecule has 90 valence electrons. The zero-order valence-corrected chi connectivity index (χ0v) is 10.6. The van der Waals surface area contributed by atoms with Gasteiger partial charge in [0.15, 0.2) is 5.16 Å². The molecule has 0 spiro atoms. The van der Waals surface area contributed by atoms with Crippen LogP contribution in [-0.4, -0.2) is 33.7 Å². The Labute approximate surface area is 105 Å². The molecule has 4 nitrogen and oxygen atoms in total. The minimum Gasteiger partial charge on any atom is -0.381 e. The number of rotatable bonds is 6. The van der Waals surface area contributed by atoms with E-state index in [-0.39, 0.29) is 0 Å². The maximum atomic E-state index is 5.30. The summed E-state index contributed by atoms with van der Waals surface area (Å²) in [5.41, 5.74) is 1.08. The highest BCUT2D eigenvalue weighted by Gasteiger charge is 2.05. The Morgan fingerprint density at radius 1 is 1.29 bits per heavy atom. The normalized spacial score (nSPS) is 10.6. The van der Waals surface area contributed by atoms with Gasteiger partial charge in [0.25, 0.3) is 0 Å². The number of benzene rings is 1. The monoisotopic (exact) mass is 249 g/mol. The molecule has 0 aliphatic carbocycles. The third-order valence-electron chi connectivity index (χ3n) is 2.21. The van der Waals surface area contributed by atoms with E-state index >= 15 is 0 Å². The maximum absolute atomic E-state index is 5.30. The first kappa shape index (κ1) is 12.1. The molecule has 5 heteroatoms. The summed E-state index contributed by atoms with van der Waals surface area (Å²) in [6.45, 7) is 3.49. The summed E-state index contributed by atoms with van der Waals surface area (Å²) in [5.74, 6) is 0.888. The van der Waals surface area contributed by atoms with Gasteiger partial charge in [-0.3, -0.25) is 4.57 Å². The third-order valence-corrected chi connectivity index (χ3v) is 3.12. The van der Waals surface area contributed by atoms with Crippen molar-refractivity contribution in [1.82, 2.24) is 14.8 Å². The highest BCUT2D eigenvalue weighted by molar-refractivity contribution is 7.99. The molecule has 2 aromatic rings. The van der Waals surface area contributed by atoms with Crippen LogP contribution in [0.2, 0.25) is 0 Å². The predicted octanol–water partition coefficient (Wildman–Crippen LogP) is 2.40. The van der Waals surface area contributed by atoms with Gasteiger partial charge in [-0.25, -0.2) is 0 Å². The van der Waals surface area contributed by atoms with Gasteiger partial charge in [-0.15, -0.1) is 10.2 Å². The van der Waals surface area contributed by atoms with Crippen LogP contribution in [0.1, 0.15) is 6.92 Å². The smallest absolute Gasteiger partial charge is 0.195 e. The lowest BCUT2D eigenvalue weighted by molar-refractivity contribution is 0.164. The van der Waals surface area contributed by atoms with Crippen molar-refractivity contribution in [3.05, 3.63) is 36.7 Å². The quantitative estimate of drug-likeness (QED) is 0.582. The Kier molecular flexibility index (Phi) is 4.58. The number of para-hydroxylation sites is 1. The Hall–Kier alpha value is -1.33. The molecule has 1 aromatic heterocycles. The highest BCUT2D eigenvalue weighted by atomic mass is 32.2. The molecule has 2 rings (SSSR count). The number of hydrogen-bond acceptors (Lipinski definition) is 4. The number of nitrogens with zero attached hydrogens (tertiary/aromatic N) is 3. The summed E-state index contributed by atoms with van der Waals surface area (Å²) in [7, 11) is 0. The zero-order valence-electron chi connectivity index (χ0n) is 9.74. The molecule has 0 radical (unpaired) electrons. The predicted molar refractivity (Wildman–Crippen MR) is 68.6 cm³/mol. The average molecular weight is 249 g/mol. The number of hydrogen-bond donors (Lipinski definition) is 0. The lowest BCUT2D eigenvalue weighted by Crippen LogP contribution is -1.99. The SMILES string of the molecule is CCOCCSc1nncn1-c1ccccc1. The van der Waals surface area contributed by atoms with Crippen LogP contribution in [0.15, 0.2) is 41.8 Å². The second-order valence-corrected chi connectivity index (χ2v) is 4.43. The molecular weight excluding hydrogens is 234 g/mol. The lowest BCUT2D eigenvalue weighted by atomic mass is 10.3. The van der Waals surface area contributed by atoms with Crippen LogP contribution in [0, 0.1) is 0 Å². The average Bonchev–Trinajstić information content (AvgIpc) is 2.84. The summed E-state index contributed by atoms with van der Waals surface area (Å²) in [4.78, 5) is 0. The van der Waals surface area contributed by atoms with E-state index < -0.39 is 0 Å². The molecule has 17 heavy (non-hydrogen) atoms. The van der Waals surface area contributed by atoms with Gasteiger partial charge in [0.1, 0.15) is 6.33 Å². The minimum atomic E-state index is 0.739. The molecule has 0 saturated carbocycles. The fourth-order valence-corrected chi connectivity index (χ4v) is 2.21. The number of aromatic nitrogens is 3. The van der Waals surface area contributed by atoms with Gasteiger partial charge in [0.2, 0.25) is 0 Å². The molecule has 0 saturated heterocycles. The van der Waals surface area contributed by atoms with Gasteiger partial charge in [0.05, 0.1) is 6.61 Å². The first-order valence-corrected chi connectivity index (χ1v) is 6.56. The molecule has 0 atom stereocenters. The van der Waals surface area contributed by atoms with Gasteiger partial charge in [-0.1, -0.05) is 30.0 Å². The lowest BCUT2D eigenvalue weighted by Gasteiger charge is -2.05. The topological polar surface area (TPSA) is 39.9 Å². The molecule has 0 aliphatic rings. The van der Waals surface area contributed by atoms with Gasteiger partial charge < -0.3 is 4.74 Å². The highest BCUT2D eigenvalue weighted by Crippen LogP contribution is 2.18. The van der Waals surface area contributed by atoms with Crippen LogP contribution >= 0.6 is 11.8 Å². The Bertz CT molecular complexity index is 444. The Morgan fingerprint density at radius 3 is 2.88 bits per heavy atom. The van der Waals surface area contributed by atoms with E-state index in [0.717, 1.165) is 29.8 Å². The molecule has 0 aliphatic heterocycles. The first-order chi connectivity index (χ1) is 8.42. The molecule has 0 unspecified atom stereocenters. The van der Waals surface area contributed by atoms with Crippen molar-refractivity contribution in [3.8, 4) is 5.69 Å². The standard InChI is InChI=1S/C12H15N3OS/c1-2-16-8-9-17-12-14-13-10-15(12)11-6-4-3-5-7-11/h3-7,10H,2,8-9H2,1H3. The summed E-state index contributed by atoms with van der Waals surface area (Å²) in [6, 6.07) is 10.1. The van der Waals surface area contributed by atoms with Crippen LogP contribution in [0.3, 0.4) is 0 Å². The summed E-state index contributed by atoms with van der Waals surface area (Å²) < 4.78 is 7.28. The van der Waals surface area contributed by atoms with E-state index in [1.54, 1.807) is 18.1 Å². The van der Waals surface area contributed by atoms with Gasteiger partial charge in [0, 0.05) is 18.0 Å². The van der Waals surface area contributed by atoms with Crippen molar-refractivity contribution < 1.29 is 4.74 Å². The minimum absolute atomic E-state index is 0.739. The van der Waals surface area contributed by atoms with Crippen LogP contribution in [0.4, 0.5) is 0 Å². The van der Waals surface area contributed by atoms with Crippen molar-refractivity contribution in [2.24, 2.45) is 0 Å². The number of ether oxygens (including phenoxy) is 1. The molecule has 0 amide bonds. The summed E-state index contributed by atoms with van der Waals surface area (Å²) in [5, 5.41) is 8.96. The number of thioether (sulfide) groups is 1. The Morgan fingerprint density at radius 2 is 2.12 bits per heavy atom. The van der Waals surface area contributed by atoms with E-state index in [0.29, 0.717) is 0 Å². The van der Waals surface area contributed by atoms with E-state index in [4.69, 9.17) is 4.74 Å². The maximum Gasteiger partial charge on any atom is 0.195 e. The van der Waals surface area contributed by atoms with Crippen LogP contribution in [0.25, 0.3) is 5.69 Å². The summed E-state index contributed by atoms with van der Waals surface area (Å²) in [6.07, 6.45) is 1.73. The fourth-order valence-electron chi connectivity index (χ4n) is 1.42. The molecule has 1 heterocycles. The van der Waals surface area contributed by atoms with Crippen molar-refractivity contribution in [2.75, 3.05) is 19.0 Å². The Balaban J connectivity index is 2.02. The van der Waals surface area contributed by atoms with E-state index in [1.165, 1.54) is 0 Å². The molecular formula is C12H15N3OS. The van der Waals surface area contributed by atoms with Crippen molar-refractivity contribution in [1.29, 1.82) is 0 Å². The van der Waals surface area contributed by atoms with Crippen molar-refractivity contribution in [3.63, 3.8) is 0 Å². The van der Waals surface area contributed by atoms with Crippen molar-refractivity contribution in [2.45, 2.75) is 12.1 Å². The zero-order chi connectivity index (χ0) is 11.9. The second kappa shape index (κ2) is 6.42. The molecule has 1 aromatic carbocycles. The van der Waals surface area contributed by atoms with Gasteiger partial charge in [-0.2, -0.15) is 0 Å². The van der Waals surface area contributed by atoms with E-state index in [2.05, 4.69) is 10.2 Å². The van der Waals surface area contributed by atoms with Crippen molar-refractivity contribution >= 4 is 11.8 Å².